The summed E-state index contributed by atoms with van der Waals surface area (Å²) >= 11 is 1.24. The van der Waals surface area contributed by atoms with E-state index in [1.54, 1.807) is 32.0 Å². The number of carbonyl (C=O) groups excluding carboxylic acids is 1. The zero-order valence-corrected chi connectivity index (χ0v) is 12.2. The Morgan fingerprint density at radius 3 is 2.50 bits per heavy atom. The maximum Gasteiger partial charge on any atom is 0.338 e. The van der Waals surface area contributed by atoms with E-state index in [4.69, 9.17) is 5.11 Å². The number of carboxylic acid groups (broad SMARTS) is 1. The van der Waals surface area contributed by atoms with E-state index in [1.165, 1.54) is 11.3 Å². The van der Waals surface area contributed by atoms with Crippen LogP contribution in [-0.2, 0) is 0 Å². The maximum atomic E-state index is 12.2. The summed E-state index contributed by atoms with van der Waals surface area (Å²) in [5.41, 5.74) is 2.00. The number of amides is 1. The van der Waals surface area contributed by atoms with Crippen LogP contribution >= 0.6 is 11.3 Å². The minimum absolute atomic E-state index is 0.110. The van der Waals surface area contributed by atoms with Gasteiger partial charge in [0.1, 0.15) is 5.00 Å². The molecule has 2 rings (SSSR count). The molecule has 0 aliphatic heterocycles. The first-order chi connectivity index (χ1) is 9.38. The van der Waals surface area contributed by atoms with Crippen molar-refractivity contribution in [1.29, 1.82) is 0 Å². The van der Waals surface area contributed by atoms with Gasteiger partial charge >= 0.3 is 5.97 Å². The van der Waals surface area contributed by atoms with E-state index >= 15 is 0 Å². The normalized spacial score (nSPS) is 10.3. The van der Waals surface area contributed by atoms with E-state index in [0.717, 1.165) is 10.6 Å². The zero-order chi connectivity index (χ0) is 14.9. The fourth-order valence-corrected chi connectivity index (χ4v) is 2.76. The number of carboxylic acids is 1. The number of rotatable bonds is 3. The number of aromatic nitrogens is 1. The Bertz CT molecular complexity index is 692. The highest BCUT2D eigenvalue weighted by Gasteiger charge is 2.18. The van der Waals surface area contributed by atoms with Gasteiger partial charge in [-0.25, -0.2) is 4.79 Å². The molecule has 0 bridgehead atoms. The van der Waals surface area contributed by atoms with Gasteiger partial charge in [0.2, 0.25) is 0 Å². The van der Waals surface area contributed by atoms with Crippen LogP contribution in [0, 0.1) is 20.8 Å². The summed E-state index contributed by atoms with van der Waals surface area (Å²) in [6, 6.07) is 4.98. The number of aromatic carboxylic acids is 1. The van der Waals surface area contributed by atoms with Crippen LogP contribution in [0.1, 0.15) is 37.0 Å². The predicted molar refractivity (Wildman–Crippen MR) is 77.7 cm³/mol. The van der Waals surface area contributed by atoms with Gasteiger partial charge in [0.15, 0.2) is 0 Å². The first-order valence-corrected chi connectivity index (χ1v) is 6.79. The predicted octanol–water partition coefficient (Wildman–Crippen LogP) is 3.02. The van der Waals surface area contributed by atoms with Crippen LogP contribution in [0.25, 0.3) is 0 Å². The Morgan fingerprint density at radius 1 is 1.20 bits per heavy atom. The Balaban J connectivity index is 2.30. The number of pyridine rings is 1. The third-order valence-electron chi connectivity index (χ3n) is 2.78. The first kappa shape index (κ1) is 14.2. The summed E-state index contributed by atoms with van der Waals surface area (Å²) in [7, 11) is 0. The molecule has 0 unspecified atom stereocenters. The lowest BCUT2D eigenvalue weighted by atomic mass is 10.1. The number of carbonyl (C=O) groups is 2. The van der Waals surface area contributed by atoms with Crippen molar-refractivity contribution in [2.75, 3.05) is 5.32 Å². The molecule has 6 heteroatoms. The summed E-state index contributed by atoms with van der Waals surface area (Å²) in [6.45, 7) is 5.39. The van der Waals surface area contributed by atoms with Gasteiger partial charge in [0.25, 0.3) is 5.91 Å². The third-order valence-corrected chi connectivity index (χ3v) is 3.75. The van der Waals surface area contributed by atoms with E-state index in [-0.39, 0.29) is 11.5 Å². The molecule has 0 radical (unpaired) electrons. The van der Waals surface area contributed by atoms with Gasteiger partial charge in [0, 0.05) is 10.6 Å². The Kier molecular flexibility index (Phi) is 3.85. The molecular weight excluding hydrogens is 276 g/mol. The van der Waals surface area contributed by atoms with Crippen molar-refractivity contribution in [3.8, 4) is 0 Å². The molecule has 2 heterocycles. The largest absolute Gasteiger partial charge is 0.478 e. The van der Waals surface area contributed by atoms with Crippen LogP contribution in [0.3, 0.4) is 0 Å². The molecule has 0 spiro atoms. The van der Waals surface area contributed by atoms with Gasteiger partial charge in [-0.1, -0.05) is 0 Å². The lowest BCUT2D eigenvalue weighted by Crippen LogP contribution is -2.15. The van der Waals surface area contributed by atoms with E-state index in [1.807, 2.05) is 6.92 Å². The molecule has 0 saturated carbocycles. The lowest BCUT2D eigenvalue weighted by Gasteiger charge is -2.07. The number of aryl methyl sites for hydroxylation is 3. The van der Waals surface area contributed by atoms with E-state index in [0.29, 0.717) is 16.3 Å². The Morgan fingerprint density at radius 2 is 1.90 bits per heavy atom. The molecule has 0 aliphatic rings. The second-order valence-electron chi connectivity index (χ2n) is 4.44. The summed E-state index contributed by atoms with van der Waals surface area (Å²) in [4.78, 5) is 28.4. The molecule has 0 saturated heterocycles. The topological polar surface area (TPSA) is 79.3 Å². The van der Waals surface area contributed by atoms with Crippen molar-refractivity contribution in [1.82, 2.24) is 4.98 Å². The molecule has 104 valence electrons. The number of anilines is 1. The van der Waals surface area contributed by atoms with E-state index in [9.17, 15) is 9.59 Å². The smallest absolute Gasteiger partial charge is 0.338 e. The van der Waals surface area contributed by atoms with Crippen LogP contribution in [-0.4, -0.2) is 22.0 Å². The highest BCUT2D eigenvalue weighted by molar-refractivity contribution is 7.16. The van der Waals surface area contributed by atoms with Crippen molar-refractivity contribution >= 4 is 28.2 Å². The monoisotopic (exact) mass is 290 g/mol. The van der Waals surface area contributed by atoms with Crippen molar-refractivity contribution in [2.24, 2.45) is 0 Å². The molecule has 0 atom stereocenters. The van der Waals surface area contributed by atoms with Crippen molar-refractivity contribution in [3.05, 3.63) is 45.6 Å². The average molecular weight is 290 g/mol. The Labute approximate surface area is 120 Å². The Hall–Kier alpha value is -2.21. The molecular formula is C14H14N2O3S. The molecule has 20 heavy (non-hydrogen) atoms. The van der Waals surface area contributed by atoms with Gasteiger partial charge < -0.3 is 10.4 Å². The second-order valence-corrected chi connectivity index (χ2v) is 5.70. The first-order valence-electron chi connectivity index (χ1n) is 5.98. The minimum Gasteiger partial charge on any atom is -0.478 e. The van der Waals surface area contributed by atoms with Gasteiger partial charge in [0.05, 0.1) is 16.8 Å². The molecule has 2 aromatic heterocycles. The van der Waals surface area contributed by atoms with E-state index < -0.39 is 5.97 Å². The molecule has 0 aromatic carbocycles. The second kappa shape index (κ2) is 5.42. The molecule has 0 fully saturated rings. The summed E-state index contributed by atoms with van der Waals surface area (Å²) in [5.74, 6) is -1.40. The third kappa shape index (κ3) is 2.85. The van der Waals surface area contributed by atoms with Gasteiger partial charge in [-0.15, -0.1) is 11.3 Å². The summed E-state index contributed by atoms with van der Waals surface area (Å²) in [5, 5.41) is 12.1. The zero-order valence-electron chi connectivity index (χ0n) is 11.4. The number of nitrogens with zero attached hydrogens (tertiary/aromatic N) is 1. The number of nitrogens with one attached hydrogen (secondary N) is 1. The van der Waals surface area contributed by atoms with Gasteiger partial charge in [-0.2, -0.15) is 0 Å². The highest BCUT2D eigenvalue weighted by atomic mass is 32.1. The summed E-state index contributed by atoms with van der Waals surface area (Å²) in [6.07, 6.45) is 0. The van der Waals surface area contributed by atoms with Gasteiger partial charge in [-0.05, 0) is 39.0 Å². The minimum atomic E-state index is -1.05. The molecule has 2 N–H and O–H groups in total. The fraction of sp³-hybridized carbons (Fsp3) is 0.214. The van der Waals surface area contributed by atoms with Crippen LogP contribution in [0.15, 0.2) is 18.2 Å². The maximum absolute atomic E-state index is 12.2. The SMILES string of the molecule is Cc1ccc(C(=O)Nc2sc(C)cc2C(=O)O)c(C)n1. The number of thiophene rings is 1. The number of hydrogen-bond acceptors (Lipinski definition) is 4. The standard InChI is InChI=1S/C14H14N2O3S/c1-7-4-5-10(9(3)15-7)12(17)16-13-11(14(18)19)6-8(2)20-13/h4-6H,1-3H3,(H,16,17)(H,18,19). The number of hydrogen-bond donors (Lipinski definition) is 2. The van der Waals surface area contributed by atoms with Gasteiger partial charge in [-0.3, -0.25) is 9.78 Å². The molecule has 5 nitrogen and oxygen atoms in total. The fourth-order valence-electron chi connectivity index (χ4n) is 1.86. The van der Waals surface area contributed by atoms with Crippen LogP contribution in [0.4, 0.5) is 5.00 Å². The average Bonchev–Trinajstić information content (AvgIpc) is 2.70. The van der Waals surface area contributed by atoms with E-state index in [2.05, 4.69) is 10.3 Å². The quantitative estimate of drug-likeness (QED) is 0.910. The van der Waals surface area contributed by atoms with Crippen LogP contribution in [0.2, 0.25) is 0 Å². The van der Waals surface area contributed by atoms with Crippen molar-refractivity contribution in [2.45, 2.75) is 20.8 Å². The van der Waals surface area contributed by atoms with Crippen LogP contribution < -0.4 is 5.32 Å². The van der Waals surface area contributed by atoms with Crippen LogP contribution in [0.5, 0.6) is 0 Å². The highest BCUT2D eigenvalue weighted by Crippen LogP contribution is 2.28. The molecule has 1 amide bonds. The summed E-state index contributed by atoms with van der Waals surface area (Å²) < 4.78 is 0. The molecule has 0 aliphatic carbocycles. The molecule has 2 aromatic rings. The van der Waals surface area contributed by atoms with Crippen molar-refractivity contribution in [3.63, 3.8) is 0 Å². The lowest BCUT2D eigenvalue weighted by molar-refractivity contribution is 0.0698. The van der Waals surface area contributed by atoms with Crippen molar-refractivity contribution < 1.29 is 14.7 Å².